The fourth-order valence-electron chi connectivity index (χ4n) is 1.80. The molecule has 0 fully saturated rings. The fraction of sp³-hybridized carbons (Fsp3) is 0.143. The molecule has 2 aromatic rings. The summed E-state index contributed by atoms with van der Waals surface area (Å²) in [6.45, 7) is -0.415. The Morgan fingerprint density at radius 3 is 1.88 bits per heavy atom. The molecule has 0 aromatic heterocycles. The standard InChI is InChI=1S/C14H14O3/c15-10-14(17,11-4-2-1-3-5-11)12-6-8-13(16)9-7-12/h1-9,15-17H,10H2/t14-/m0/s1. The highest BCUT2D eigenvalue weighted by molar-refractivity contribution is 5.38. The van der Waals surface area contributed by atoms with Crippen LogP contribution in [-0.2, 0) is 5.60 Å². The molecule has 0 spiro atoms. The highest BCUT2D eigenvalue weighted by atomic mass is 16.3. The van der Waals surface area contributed by atoms with Gasteiger partial charge in [-0.05, 0) is 23.3 Å². The van der Waals surface area contributed by atoms with E-state index in [1.165, 1.54) is 12.1 Å². The van der Waals surface area contributed by atoms with Crippen molar-refractivity contribution in [2.75, 3.05) is 6.61 Å². The number of benzene rings is 2. The van der Waals surface area contributed by atoms with Crippen molar-refractivity contribution in [2.45, 2.75) is 5.60 Å². The van der Waals surface area contributed by atoms with E-state index in [0.717, 1.165) is 0 Å². The van der Waals surface area contributed by atoms with E-state index in [-0.39, 0.29) is 5.75 Å². The molecule has 0 saturated heterocycles. The van der Waals surface area contributed by atoms with Crippen LogP contribution in [0.3, 0.4) is 0 Å². The molecular formula is C14H14O3. The Bertz CT molecular complexity index is 479. The van der Waals surface area contributed by atoms with Gasteiger partial charge in [-0.15, -0.1) is 0 Å². The van der Waals surface area contributed by atoms with E-state index >= 15 is 0 Å². The van der Waals surface area contributed by atoms with Gasteiger partial charge in [0.1, 0.15) is 11.4 Å². The van der Waals surface area contributed by atoms with E-state index in [1.54, 1.807) is 36.4 Å². The summed E-state index contributed by atoms with van der Waals surface area (Å²) in [5.41, 5.74) is -0.271. The number of phenols is 1. The third kappa shape index (κ3) is 2.16. The summed E-state index contributed by atoms with van der Waals surface area (Å²) >= 11 is 0. The van der Waals surface area contributed by atoms with Crippen molar-refractivity contribution in [3.8, 4) is 5.75 Å². The maximum absolute atomic E-state index is 10.5. The van der Waals surface area contributed by atoms with Crippen LogP contribution in [0.15, 0.2) is 54.6 Å². The van der Waals surface area contributed by atoms with Gasteiger partial charge in [-0.2, -0.15) is 0 Å². The molecule has 0 heterocycles. The lowest BCUT2D eigenvalue weighted by Gasteiger charge is -2.27. The topological polar surface area (TPSA) is 60.7 Å². The highest BCUT2D eigenvalue weighted by Gasteiger charge is 2.30. The molecule has 0 bridgehead atoms. The molecule has 0 aliphatic rings. The molecule has 0 radical (unpaired) electrons. The fourth-order valence-corrected chi connectivity index (χ4v) is 1.80. The normalized spacial score (nSPS) is 14.2. The molecule has 1 atom stereocenters. The quantitative estimate of drug-likeness (QED) is 0.751. The zero-order valence-electron chi connectivity index (χ0n) is 9.24. The Morgan fingerprint density at radius 1 is 0.824 bits per heavy atom. The van der Waals surface area contributed by atoms with Crippen LogP contribution >= 0.6 is 0 Å². The third-order valence-electron chi connectivity index (χ3n) is 2.83. The summed E-state index contributed by atoms with van der Waals surface area (Å²) in [7, 11) is 0. The number of hydrogen-bond donors (Lipinski definition) is 3. The zero-order valence-corrected chi connectivity index (χ0v) is 9.24. The second-order valence-electron chi connectivity index (χ2n) is 3.93. The summed E-state index contributed by atoms with van der Waals surface area (Å²) in [6.07, 6.45) is 0. The van der Waals surface area contributed by atoms with E-state index in [2.05, 4.69) is 0 Å². The van der Waals surface area contributed by atoms with Gasteiger partial charge in [0.25, 0.3) is 0 Å². The van der Waals surface area contributed by atoms with Crippen LogP contribution in [0.4, 0.5) is 0 Å². The van der Waals surface area contributed by atoms with Gasteiger partial charge in [-0.25, -0.2) is 0 Å². The van der Waals surface area contributed by atoms with E-state index in [1.807, 2.05) is 6.07 Å². The second kappa shape index (κ2) is 4.57. The van der Waals surface area contributed by atoms with Crippen molar-refractivity contribution in [1.29, 1.82) is 0 Å². The molecule has 2 aromatic carbocycles. The number of hydrogen-bond acceptors (Lipinski definition) is 3. The molecule has 17 heavy (non-hydrogen) atoms. The summed E-state index contributed by atoms with van der Waals surface area (Å²) < 4.78 is 0. The SMILES string of the molecule is OC[C@](O)(c1ccccc1)c1ccc(O)cc1. The predicted molar refractivity (Wildman–Crippen MR) is 64.6 cm³/mol. The molecule has 2 rings (SSSR count). The van der Waals surface area contributed by atoms with E-state index < -0.39 is 12.2 Å². The molecule has 0 aliphatic heterocycles. The predicted octanol–water partition coefficient (Wildman–Crippen LogP) is 1.62. The van der Waals surface area contributed by atoms with Gasteiger partial charge in [0.2, 0.25) is 0 Å². The molecule has 3 heteroatoms. The average Bonchev–Trinajstić information content (AvgIpc) is 2.40. The van der Waals surface area contributed by atoms with Gasteiger partial charge in [0.05, 0.1) is 6.61 Å². The van der Waals surface area contributed by atoms with Gasteiger partial charge in [0, 0.05) is 0 Å². The van der Waals surface area contributed by atoms with Crippen molar-refractivity contribution in [3.63, 3.8) is 0 Å². The van der Waals surface area contributed by atoms with Crippen LogP contribution in [0.2, 0.25) is 0 Å². The van der Waals surface area contributed by atoms with Crippen molar-refractivity contribution in [2.24, 2.45) is 0 Å². The van der Waals surface area contributed by atoms with Crippen LogP contribution in [0.25, 0.3) is 0 Å². The van der Waals surface area contributed by atoms with Gasteiger partial charge in [-0.1, -0.05) is 42.5 Å². The minimum Gasteiger partial charge on any atom is -0.508 e. The minimum absolute atomic E-state index is 0.127. The van der Waals surface area contributed by atoms with Crippen LogP contribution in [0.1, 0.15) is 11.1 Å². The molecule has 88 valence electrons. The van der Waals surface area contributed by atoms with Crippen LogP contribution in [-0.4, -0.2) is 21.9 Å². The third-order valence-corrected chi connectivity index (χ3v) is 2.83. The summed E-state index contributed by atoms with van der Waals surface area (Å²) in [5, 5.41) is 29.2. The van der Waals surface area contributed by atoms with E-state index in [4.69, 9.17) is 0 Å². The molecule has 3 N–H and O–H groups in total. The molecule has 0 saturated carbocycles. The lowest BCUT2D eigenvalue weighted by Crippen LogP contribution is -2.31. The average molecular weight is 230 g/mol. The second-order valence-corrected chi connectivity index (χ2v) is 3.93. The Balaban J connectivity index is 2.48. The van der Waals surface area contributed by atoms with Gasteiger partial charge >= 0.3 is 0 Å². The number of rotatable bonds is 3. The largest absolute Gasteiger partial charge is 0.508 e. The summed E-state index contributed by atoms with van der Waals surface area (Å²) in [6, 6.07) is 15.1. The maximum Gasteiger partial charge on any atom is 0.138 e. The van der Waals surface area contributed by atoms with Crippen LogP contribution in [0, 0.1) is 0 Å². The van der Waals surface area contributed by atoms with Gasteiger partial charge in [-0.3, -0.25) is 0 Å². The van der Waals surface area contributed by atoms with E-state index in [0.29, 0.717) is 11.1 Å². The molecule has 0 aliphatic carbocycles. The number of aliphatic hydroxyl groups excluding tert-OH is 1. The first-order valence-electron chi connectivity index (χ1n) is 5.35. The first-order valence-corrected chi connectivity index (χ1v) is 5.35. The monoisotopic (exact) mass is 230 g/mol. The maximum atomic E-state index is 10.5. The Morgan fingerprint density at radius 2 is 1.35 bits per heavy atom. The van der Waals surface area contributed by atoms with E-state index in [9.17, 15) is 15.3 Å². The summed E-state index contributed by atoms with van der Waals surface area (Å²) in [5.74, 6) is 0.127. The lowest BCUT2D eigenvalue weighted by molar-refractivity contribution is 0.0172. The molecule has 3 nitrogen and oxygen atoms in total. The molecular weight excluding hydrogens is 216 g/mol. The summed E-state index contributed by atoms with van der Waals surface area (Å²) in [4.78, 5) is 0. The van der Waals surface area contributed by atoms with Crippen molar-refractivity contribution < 1.29 is 15.3 Å². The zero-order chi connectivity index (χ0) is 12.3. The minimum atomic E-state index is -1.44. The van der Waals surface area contributed by atoms with Crippen LogP contribution < -0.4 is 0 Å². The van der Waals surface area contributed by atoms with Crippen LogP contribution in [0.5, 0.6) is 5.75 Å². The number of aromatic hydroxyl groups is 1. The van der Waals surface area contributed by atoms with Crippen molar-refractivity contribution >= 4 is 0 Å². The molecule has 0 unspecified atom stereocenters. The first-order chi connectivity index (χ1) is 8.16. The van der Waals surface area contributed by atoms with Gasteiger partial charge < -0.3 is 15.3 Å². The number of aliphatic hydroxyl groups is 2. The smallest absolute Gasteiger partial charge is 0.138 e. The Hall–Kier alpha value is -1.84. The highest BCUT2D eigenvalue weighted by Crippen LogP contribution is 2.29. The van der Waals surface area contributed by atoms with Crippen molar-refractivity contribution in [3.05, 3.63) is 65.7 Å². The van der Waals surface area contributed by atoms with Gasteiger partial charge in [0.15, 0.2) is 0 Å². The molecule has 0 amide bonds. The van der Waals surface area contributed by atoms with Crippen molar-refractivity contribution in [1.82, 2.24) is 0 Å². The first kappa shape index (κ1) is 11.6. The lowest BCUT2D eigenvalue weighted by atomic mass is 9.87. The Kier molecular flexibility index (Phi) is 3.13. The number of phenolic OH excluding ortho intramolecular Hbond substituents is 1. The Labute approximate surface area is 99.6 Å².